The summed E-state index contributed by atoms with van der Waals surface area (Å²) in [6.07, 6.45) is -3.42. The third kappa shape index (κ3) is 5.48. The molecule has 0 amide bonds. The van der Waals surface area contributed by atoms with Crippen LogP contribution in [0.25, 0.3) is 0 Å². The van der Waals surface area contributed by atoms with Gasteiger partial charge in [-0.3, -0.25) is 10.3 Å². The molecule has 1 unspecified atom stereocenters. The molecule has 1 aliphatic heterocycles. The van der Waals surface area contributed by atoms with Gasteiger partial charge in [-0.05, 0) is 36.8 Å². The molecule has 30 heavy (non-hydrogen) atoms. The fraction of sp³-hybridized carbons (Fsp3) is 0.333. The van der Waals surface area contributed by atoms with E-state index in [1.54, 1.807) is 6.07 Å². The molecule has 1 fully saturated rings. The Morgan fingerprint density at radius 3 is 2.40 bits per heavy atom. The fourth-order valence-electron chi connectivity index (χ4n) is 3.57. The Morgan fingerprint density at radius 1 is 1.13 bits per heavy atom. The van der Waals surface area contributed by atoms with Crippen molar-refractivity contribution < 1.29 is 13.2 Å². The maximum atomic E-state index is 13.6. The number of thiocarbonyl (C=S) groups is 1. The lowest BCUT2D eigenvalue weighted by Crippen LogP contribution is -2.47. The Morgan fingerprint density at radius 2 is 1.80 bits per heavy atom. The summed E-state index contributed by atoms with van der Waals surface area (Å²) in [6.45, 7) is 5.02. The molecule has 160 valence electrons. The number of nitrogens with two attached hydrogens (primary N) is 1. The summed E-state index contributed by atoms with van der Waals surface area (Å²) in [5.74, 6) is 0. The smallest absolute Gasteiger partial charge is 0.375 e. The van der Waals surface area contributed by atoms with Crippen molar-refractivity contribution in [3.8, 4) is 0 Å². The van der Waals surface area contributed by atoms with E-state index < -0.39 is 11.7 Å². The standard InChI is InChI=1S/C21H24F3N5S/c1-15(16-5-3-2-4-6-16)28-9-11-29(12-10-28)18-8-7-17(14-26-27-20(25)30)19(13-18)21(22,23)24/h2-8,13-15H,9-12H2,1H3,(H3,25,27,30). The second-order valence-electron chi connectivity index (χ2n) is 7.11. The Kier molecular flexibility index (Phi) is 6.94. The van der Waals surface area contributed by atoms with Crippen molar-refractivity contribution in [3.05, 3.63) is 65.2 Å². The average molecular weight is 436 g/mol. The van der Waals surface area contributed by atoms with E-state index in [9.17, 15) is 13.2 Å². The summed E-state index contributed by atoms with van der Waals surface area (Å²) in [5, 5.41) is 3.54. The molecule has 2 aromatic rings. The zero-order valence-electron chi connectivity index (χ0n) is 16.6. The van der Waals surface area contributed by atoms with Crippen molar-refractivity contribution in [3.63, 3.8) is 0 Å². The molecule has 3 N–H and O–H groups in total. The SMILES string of the molecule is CC(c1ccccc1)N1CCN(c2ccc(C=NNC(N)=S)c(C(F)(F)F)c2)CC1. The molecule has 0 radical (unpaired) electrons. The molecule has 1 aliphatic rings. The Labute approximate surface area is 179 Å². The fourth-order valence-corrected chi connectivity index (χ4v) is 3.63. The molecule has 0 saturated carbocycles. The normalized spacial score (nSPS) is 16.6. The highest BCUT2D eigenvalue weighted by Crippen LogP contribution is 2.34. The quantitative estimate of drug-likeness (QED) is 0.426. The van der Waals surface area contributed by atoms with E-state index in [-0.39, 0.29) is 16.7 Å². The third-order valence-electron chi connectivity index (χ3n) is 5.23. The summed E-state index contributed by atoms with van der Waals surface area (Å²) in [6, 6.07) is 14.8. The second kappa shape index (κ2) is 9.44. The maximum Gasteiger partial charge on any atom is 0.417 e. The second-order valence-corrected chi connectivity index (χ2v) is 7.55. The van der Waals surface area contributed by atoms with E-state index in [4.69, 9.17) is 5.73 Å². The van der Waals surface area contributed by atoms with E-state index >= 15 is 0 Å². The molecule has 9 heteroatoms. The van der Waals surface area contributed by atoms with Crippen LogP contribution in [0.3, 0.4) is 0 Å². The molecule has 0 aliphatic carbocycles. The van der Waals surface area contributed by atoms with Crippen LogP contribution in [0.1, 0.15) is 29.7 Å². The number of alkyl halides is 3. The Balaban J connectivity index is 1.72. The average Bonchev–Trinajstić information content (AvgIpc) is 2.73. The van der Waals surface area contributed by atoms with Crippen molar-refractivity contribution in [2.24, 2.45) is 10.8 Å². The minimum Gasteiger partial charge on any atom is -0.375 e. The van der Waals surface area contributed by atoms with Crippen LogP contribution < -0.4 is 16.1 Å². The summed E-state index contributed by atoms with van der Waals surface area (Å²) in [7, 11) is 0. The Bertz CT molecular complexity index is 893. The van der Waals surface area contributed by atoms with Crippen LogP contribution in [0, 0.1) is 0 Å². The molecule has 5 nitrogen and oxygen atoms in total. The van der Waals surface area contributed by atoms with E-state index in [1.807, 2.05) is 23.1 Å². The van der Waals surface area contributed by atoms with Crippen LogP contribution >= 0.6 is 12.2 Å². The highest BCUT2D eigenvalue weighted by atomic mass is 32.1. The van der Waals surface area contributed by atoms with Crippen LogP contribution in [0.4, 0.5) is 18.9 Å². The number of nitrogens with zero attached hydrogens (tertiary/aromatic N) is 3. The maximum absolute atomic E-state index is 13.6. The summed E-state index contributed by atoms with van der Waals surface area (Å²) >= 11 is 4.60. The third-order valence-corrected chi connectivity index (χ3v) is 5.32. The van der Waals surface area contributed by atoms with Crippen molar-refractivity contribution in [1.82, 2.24) is 10.3 Å². The first kappa shape index (κ1) is 22.0. The van der Waals surface area contributed by atoms with Crippen LogP contribution in [-0.2, 0) is 6.18 Å². The number of benzene rings is 2. The van der Waals surface area contributed by atoms with Crippen LogP contribution in [0.2, 0.25) is 0 Å². The van der Waals surface area contributed by atoms with E-state index in [0.717, 1.165) is 19.3 Å². The number of rotatable bonds is 5. The first-order valence-corrected chi connectivity index (χ1v) is 10.00. The molecule has 1 saturated heterocycles. The largest absolute Gasteiger partial charge is 0.417 e. The van der Waals surface area contributed by atoms with Gasteiger partial charge in [-0.15, -0.1) is 0 Å². The van der Waals surface area contributed by atoms with E-state index in [1.165, 1.54) is 17.7 Å². The first-order chi connectivity index (χ1) is 14.3. The van der Waals surface area contributed by atoms with Crippen molar-refractivity contribution >= 4 is 29.2 Å². The van der Waals surface area contributed by atoms with Gasteiger partial charge in [-0.25, -0.2) is 0 Å². The van der Waals surface area contributed by atoms with Crippen molar-refractivity contribution in [2.45, 2.75) is 19.1 Å². The number of hydrogen-bond acceptors (Lipinski definition) is 4. The lowest BCUT2D eigenvalue weighted by atomic mass is 10.0. The van der Waals surface area contributed by atoms with Gasteiger partial charge >= 0.3 is 6.18 Å². The van der Waals surface area contributed by atoms with Crippen LogP contribution in [-0.4, -0.2) is 42.4 Å². The zero-order chi connectivity index (χ0) is 21.7. The number of nitrogens with one attached hydrogen (secondary N) is 1. The van der Waals surface area contributed by atoms with Crippen LogP contribution in [0.15, 0.2) is 53.6 Å². The number of hydrogen-bond donors (Lipinski definition) is 2. The Hall–Kier alpha value is -2.65. The van der Waals surface area contributed by atoms with Gasteiger partial charge in [-0.1, -0.05) is 36.4 Å². The molecular formula is C21H24F3N5S. The van der Waals surface area contributed by atoms with Crippen molar-refractivity contribution in [2.75, 3.05) is 31.1 Å². The van der Waals surface area contributed by atoms with Crippen LogP contribution in [0.5, 0.6) is 0 Å². The number of piperazine rings is 1. The molecule has 2 aromatic carbocycles. The molecule has 1 heterocycles. The summed E-state index contributed by atoms with van der Waals surface area (Å²) < 4.78 is 40.7. The van der Waals surface area contributed by atoms with Gasteiger partial charge in [-0.2, -0.15) is 18.3 Å². The van der Waals surface area contributed by atoms with Gasteiger partial charge in [0.1, 0.15) is 0 Å². The molecule has 3 rings (SSSR count). The zero-order valence-corrected chi connectivity index (χ0v) is 17.4. The molecule has 0 bridgehead atoms. The van der Waals surface area contributed by atoms with E-state index in [0.29, 0.717) is 18.8 Å². The predicted molar refractivity (Wildman–Crippen MR) is 118 cm³/mol. The van der Waals surface area contributed by atoms with Gasteiger partial charge in [0, 0.05) is 43.5 Å². The molecule has 1 atom stereocenters. The van der Waals surface area contributed by atoms with Gasteiger partial charge in [0.05, 0.1) is 11.8 Å². The molecule has 0 spiro atoms. The van der Waals surface area contributed by atoms with Gasteiger partial charge in [0.25, 0.3) is 0 Å². The number of halogens is 3. The number of hydrazone groups is 1. The van der Waals surface area contributed by atoms with Crippen molar-refractivity contribution in [1.29, 1.82) is 0 Å². The number of anilines is 1. The highest BCUT2D eigenvalue weighted by molar-refractivity contribution is 7.80. The summed E-state index contributed by atoms with van der Waals surface area (Å²) in [5.41, 5.74) is 8.51. The van der Waals surface area contributed by atoms with E-state index in [2.05, 4.69) is 46.7 Å². The topological polar surface area (TPSA) is 56.9 Å². The lowest BCUT2D eigenvalue weighted by Gasteiger charge is -2.39. The van der Waals surface area contributed by atoms with Gasteiger partial charge < -0.3 is 10.6 Å². The summed E-state index contributed by atoms with van der Waals surface area (Å²) in [4.78, 5) is 4.33. The minimum absolute atomic E-state index is 0.0497. The van der Waals surface area contributed by atoms with Gasteiger partial charge in [0.2, 0.25) is 0 Å². The monoisotopic (exact) mass is 435 g/mol. The molecular weight excluding hydrogens is 411 g/mol. The predicted octanol–water partition coefficient (Wildman–Crippen LogP) is 3.76. The minimum atomic E-state index is -4.50. The van der Waals surface area contributed by atoms with Gasteiger partial charge in [0.15, 0.2) is 5.11 Å². The lowest BCUT2D eigenvalue weighted by molar-refractivity contribution is -0.137. The highest BCUT2D eigenvalue weighted by Gasteiger charge is 2.34. The first-order valence-electron chi connectivity index (χ1n) is 9.59. The molecule has 0 aromatic heterocycles.